The molecule has 5 nitrogen and oxygen atoms in total. The first-order valence-corrected chi connectivity index (χ1v) is 8.80. The zero-order chi connectivity index (χ0) is 18.0. The number of ether oxygens (including phenoxy) is 2. The summed E-state index contributed by atoms with van der Waals surface area (Å²) in [6, 6.07) is 8.22. The van der Waals surface area contributed by atoms with Gasteiger partial charge in [-0.25, -0.2) is 0 Å². The van der Waals surface area contributed by atoms with Gasteiger partial charge in [-0.05, 0) is 49.2 Å². The SMILES string of the molecule is CCN(CC)C(=O)CC1c2cc(OC)c(OC)cc2Cn2cccc21. The van der Waals surface area contributed by atoms with Crippen LogP contribution in [0.15, 0.2) is 30.5 Å². The molecule has 1 unspecified atom stereocenters. The quantitative estimate of drug-likeness (QED) is 0.809. The first-order chi connectivity index (χ1) is 12.1. The molecule has 0 radical (unpaired) electrons. The fourth-order valence-electron chi connectivity index (χ4n) is 3.72. The van der Waals surface area contributed by atoms with Gasteiger partial charge in [-0.1, -0.05) is 0 Å². The predicted molar refractivity (Wildman–Crippen MR) is 97.5 cm³/mol. The Kier molecular flexibility index (Phi) is 5.02. The summed E-state index contributed by atoms with van der Waals surface area (Å²) in [5.74, 6) is 1.66. The fourth-order valence-corrected chi connectivity index (χ4v) is 3.72. The highest BCUT2D eigenvalue weighted by Gasteiger charge is 2.30. The number of rotatable bonds is 6. The molecule has 2 aromatic rings. The van der Waals surface area contributed by atoms with E-state index in [1.807, 2.05) is 36.9 Å². The van der Waals surface area contributed by atoms with Gasteiger partial charge in [0.05, 0.1) is 14.2 Å². The average molecular weight is 342 g/mol. The molecule has 1 aliphatic rings. The number of carbonyl (C=O) groups excluding carboxylic acids is 1. The van der Waals surface area contributed by atoms with Gasteiger partial charge in [0.25, 0.3) is 0 Å². The minimum Gasteiger partial charge on any atom is -0.493 e. The van der Waals surface area contributed by atoms with E-state index in [4.69, 9.17) is 9.47 Å². The minimum atomic E-state index is 0.0339. The van der Waals surface area contributed by atoms with Crippen LogP contribution < -0.4 is 9.47 Å². The van der Waals surface area contributed by atoms with Gasteiger partial charge in [-0.2, -0.15) is 0 Å². The number of benzene rings is 1. The number of methoxy groups -OCH3 is 2. The molecular formula is C20H26N2O3. The number of aromatic nitrogens is 1. The largest absolute Gasteiger partial charge is 0.493 e. The normalized spacial score (nSPS) is 15.3. The molecular weight excluding hydrogens is 316 g/mol. The Hall–Kier alpha value is -2.43. The Morgan fingerprint density at radius 1 is 1.20 bits per heavy atom. The maximum Gasteiger partial charge on any atom is 0.223 e. The number of amides is 1. The van der Waals surface area contributed by atoms with E-state index in [2.05, 4.69) is 16.8 Å². The third kappa shape index (κ3) is 3.11. The van der Waals surface area contributed by atoms with Crippen LogP contribution >= 0.6 is 0 Å². The van der Waals surface area contributed by atoms with Crippen LogP contribution in [0.2, 0.25) is 0 Å². The number of hydrogen-bond donors (Lipinski definition) is 0. The van der Waals surface area contributed by atoms with Crippen molar-refractivity contribution in [3.8, 4) is 11.5 Å². The summed E-state index contributed by atoms with van der Waals surface area (Å²) in [4.78, 5) is 14.6. The van der Waals surface area contributed by atoms with Crippen molar-refractivity contribution in [3.63, 3.8) is 0 Å². The Bertz CT molecular complexity index is 762. The van der Waals surface area contributed by atoms with Gasteiger partial charge in [-0.15, -0.1) is 0 Å². The smallest absolute Gasteiger partial charge is 0.223 e. The number of hydrogen-bond acceptors (Lipinski definition) is 3. The molecule has 134 valence electrons. The van der Waals surface area contributed by atoms with E-state index >= 15 is 0 Å². The summed E-state index contributed by atoms with van der Waals surface area (Å²) in [5.41, 5.74) is 3.52. The standard InChI is InChI=1S/C20H26N2O3/c1-5-21(6-2)20(23)12-16-15-11-19(25-4)18(24-3)10-14(15)13-22-9-7-8-17(16)22/h7-11,16H,5-6,12-13H2,1-4H3. The highest BCUT2D eigenvalue weighted by molar-refractivity contribution is 5.78. The first-order valence-electron chi connectivity index (χ1n) is 8.80. The molecule has 2 heterocycles. The van der Waals surface area contributed by atoms with E-state index in [0.717, 1.165) is 30.9 Å². The average Bonchev–Trinajstić information content (AvgIpc) is 3.09. The third-order valence-corrected chi connectivity index (χ3v) is 5.08. The van der Waals surface area contributed by atoms with E-state index < -0.39 is 0 Å². The molecule has 1 atom stereocenters. The Morgan fingerprint density at radius 3 is 2.52 bits per heavy atom. The Labute approximate surface area is 149 Å². The van der Waals surface area contributed by atoms with Gasteiger partial charge in [0.1, 0.15) is 0 Å². The number of carbonyl (C=O) groups is 1. The van der Waals surface area contributed by atoms with Crippen molar-refractivity contribution in [2.45, 2.75) is 32.7 Å². The molecule has 1 amide bonds. The highest BCUT2D eigenvalue weighted by atomic mass is 16.5. The molecule has 0 fully saturated rings. The third-order valence-electron chi connectivity index (χ3n) is 5.08. The van der Waals surface area contributed by atoms with E-state index in [1.54, 1.807) is 14.2 Å². The van der Waals surface area contributed by atoms with Crippen LogP contribution in [0.1, 0.15) is 43.0 Å². The van der Waals surface area contributed by atoms with Gasteiger partial charge in [0.15, 0.2) is 11.5 Å². The summed E-state index contributed by atoms with van der Waals surface area (Å²) in [6.07, 6.45) is 2.54. The molecule has 0 saturated heterocycles. The van der Waals surface area contributed by atoms with Crippen LogP contribution in [0.25, 0.3) is 0 Å². The Balaban J connectivity index is 2.03. The zero-order valence-corrected chi connectivity index (χ0v) is 15.4. The fraction of sp³-hybridized carbons (Fsp3) is 0.450. The second kappa shape index (κ2) is 7.21. The van der Waals surface area contributed by atoms with Gasteiger partial charge in [-0.3, -0.25) is 4.79 Å². The number of fused-ring (bicyclic) bond motifs is 2. The van der Waals surface area contributed by atoms with Crippen molar-refractivity contribution in [3.05, 3.63) is 47.3 Å². The van der Waals surface area contributed by atoms with Crippen molar-refractivity contribution in [1.29, 1.82) is 0 Å². The maximum atomic E-state index is 12.8. The summed E-state index contributed by atoms with van der Waals surface area (Å²) in [7, 11) is 3.29. The minimum absolute atomic E-state index is 0.0339. The number of nitrogens with zero attached hydrogens (tertiary/aromatic N) is 2. The molecule has 0 N–H and O–H groups in total. The summed E-state index contributed by atoms with van der Waals surface area (Å²) in [5, 5.41) is 0. The lowest BCUT2D eigenvalue weighted by Gasteiger charge is -2.30. The van der Waals surface area contributed by atoms with Crippen LogP contribution in [-0.4, -0.2) is 42.7 Å². The second-order valence-electron chi connectivity index (χ2n) is 6.29. The van der Waals surface area contributed by atoms with Crippen molar-refractivity contribution in [2.24, 2.45) is 0 Å². The molecule has 0 bridgehead atoms. The maximum absolute atomic E-state index is 12.8. The van der Waals surface area contributed by atoms with E-state index in [1.165, 1.54) is 11.3 Å². The molecule has 3 rings (SSSR count). The van der Waals surface area contributed by atoms with Gasteiger partial charge >= 0.3 is 0 Å². The van der Waals surface area contributed by atoms with Gasteiger partial charge in [0, 0.05) is 43.9 Å². The van der Waals surface area contributed by atoms with Crippen LogP contribution in [0.5, 0.6) is 11.5 Å². The molecule has 5 heteroatoms. The van der Waals surface area contributed by atoms with Gasteiger partial charge in [0.2, 0.25) is 5.91 Å². The van der Waals surface area contributed by atoms with Gasteiger partial charge < -0.3 is 18.9 Å². The monoisotopic (exact) mass is 342 g/mol. The highest BCUT2D eigenvalue weighted by Crippen LogP contribution is 2.41. The summed E-state index contributed by atoms with van der Waals surface area (Å²) < 4.78 is 13.2. The second-order valence-corrected chi connectivity index (χ2v) is 6.29. The van der Waals surface area contributed by atoms with Crippen LogP contribution in [0.4, 0.5) is 0 Å². The van der Waals surface area contributed by atoms with Crippen molar-refractivity contribution >= 4 is 5.91 Å². The lowest BCUT2D eigenvalue weighted by atomic mass is 9.85. The summed E-state index contributed by atoms with van der Waals surface area (Å²) in [6.45, 7) is 6.30. The lowest BCUT2D eigenvalue weighted by Crippen LogP contribution is -2.33. The first kappa shape index (κ1) is 17.4. The molecule has 1 aromatic carbocycles. The van der Waals surface area contributed by atoms with Crippen molar-refractivity contribution < 1.29 is 14.3 Å². The molecule has 1 aliphatic heterocycles. The molecule has 25 heavy (non-hydrogen) atoms. The predicted octanol–water partition coefficient (Wildman–Crippen LogP) is 3.26. The van der Waals surface area contributed by atoms with E-state index in [0.29, 0.717) is 12.2 Å². The van der Waals surface area contributed by atoms with Crippen molar-refractivity contribution in [2.75, 3.05) is 27.3 Å². The van der Waals surface area contributed by atoms with Crippen LogP contribution in [0, 0.1) is 0 Å². The molecule has 0 saturated carbocycles. The molecule has 1 aromatic heterocycles. The van der Waals surface area contributed by atoms with Crippen molar-refractivity contribution in [1.82, 2.24) is 9.47 Å². The molecule has 0 aliphatic carbocycles. The van der Waals surface area contributed by atoms with E-state index in [-0.39, 0.29) is 11.8 Å². The Morgan fingerprint density at radius 2 is 1.88 bits per heavy atom. The zero-order valence-electron chi connectivity index (χ0n) is 15.4. The summed E-state index contributed by atoms with van der Waals surface area (Å²) >= 11 is 0. The topological polar surface area (TPSA) is 43.7 Å². The van der Waals surface area contributed by atoms with E-state index in [9.17, 15) is 4.79 Å². The van der Waals surface area contributed by atoms with Crippen LogP contribution in [0.3, 0.4) is 0 Å². The lowest BCUT2D eigenvalue weighted by molar-refractivity contribution is -0.131. The molecule has 0 spiro atoms. The van der Waals surface area contributed by atoms with Crippen LogP contribution in [-0.2, 0) is 11.3 Å².